The Morgan fingerprint density at radius 1 is 1.18 bits per heavy atom. The van der Waals surface area contributed by atoms with Crippen molar-refractivity contribution in [3.05, 3.63) is 17.8 Å². The third-order valence-electron chi connectivity index (χ3n) is 7.60. The maximum Gasteiger partial charge on any atom is 0.391 e. The van der Waals surface area contributed by atoms with Gasteiger partial charge in [0.1, 0.15) is 16.8 Å². The van der Waals surface area contributed by atoms with Crippen LogP contribution in [0.3, 0.4) is 0 Å². The van der Waals surface area contributed by atoms with E-state index >= 15 is 0 Å². The topological polar surface area (TPSA) is 83.1 Å². The summed E-state index contributed by atoms with van der Waals surface area (Å²) in [6.45, 7) is 1.57. The van der Waals surface area contributed by atoms with E-state index in [1.165, 1.54) is 29.0 Å². The van der Waals surface area contributed by atoms with E-state index in [-0.39, 0.29) is 69.1 Å². The molecule has 38 heavy (non-hydrogen) atoms. The van der Waals surface area contributed by atoms with Crippen molar-refractivity contribution in [2.45, 2.75) is 87.0 Å². The third kappa shape index (κ3) is 6.22. The van der Waals surface area contributed by atoms with Crippen LogP contribution < -0.4 is 4.90 Å². The summed E-state index contributed by atoms with van der Waals surface area (Å²) in [5.41, 5.74) is 0.430. The maximum absolute atomic E-state index is 13.9. The zero-order valence-electron chi connectivity index (χ0n) is 21.4. The van der Waals surface area contributed by atoms with Crippen molar-refractivity contribution >= 4 is 21.7 Å². The highest BCUT2D eigenvalue weighted by Gasteiger charge is 2.45. The van der Waals surface area contributed by atoms with E-state index in [4.69, 9.17) is 4.74 Å². The van der Waals surface area contributed by atoms with E-state index in [0.29, 0.717) is 12.1 Å². The zero-order chi connectivity index (χ0) is 27.9. The first-order chi connectivity index (χ1) is 17.7. The Kier molecular flexibility index (Phi) is 8.25. The summed E-state index contributed by atoms with van der Waals surface area (Å²) in [4.78, 5) is 20.2. The molecule has 2 saturated heterocycles. The molecule has 0 unspecified atom stereocenters. The molecule has 0 radical (unpaired) electrons. The number of hydrogen-bond acceptors (Lipinski definition) is 6. The van der Waals surface area contributed by atoms with Crippen molar-refractivity contribution in [2.75, 3.05) is 38.3 Å². The average Bonchev–Trinajstić information content (AvgIpc) is 3.33. The average molecular weight is 569 g/mol. The number of halogens is 5. The van der Waals surface area contributed by atoms with Crippen LogP contribution in [0.15, 0.2) is 17.0 Å². The molecule has 3 fully saturated rings. The Morgan fingerprint density at radius 2 is 1.87 bits per heavy atom. The molecule has 8 nitrogen and oxygen atoms in total. The number of aromatic nitrogens is 1. The van der Waals surface area contributed by atoms with E-state index < -0.39 is 52.6 Å². The van der Waals surface area contributed by atoms with E-state index in [1.807, 2.05) is 0 Å². The summed E-state index contributed by atoms with van der Waals surface area (Å²) in [5.74, 6) is -3.32. The summed E-state index contributed by atoms with van der Waals surface area (Å²) in [7, 11) is -2.83. The lowest BCUT2D eigenvalue weighted by atomic mass is 9.91. The predicted octanol–water partition coefficient (Wildman–Crippen LogP) is 3.74. The summed E-state index contributed by atoms with van der Waals surface area (Å²) in [5, 5.41) is 0. The molecule has 2 atom stereocenters. The second-order valence-electron chi connectivity index (χ2n) is 10.3. The van der Waals surface area contributed by atoms with Crippen LogP contribution in [0.2, 0.25) is 0 Å². The van der Waals surface area contributed by atoms with Crippen LogP contribution in [0.25, 0.3) is 0 Å². The Morgan fingerprint density at radius 3 is 2.53 bits per heavy atom. The number of ether oxygens (including phenoxy) is 1. The fourth-order valence-corrected chi connectivity index (χ4v) is 7.32. The lowest BCUT2D eigenvalue weighted by Gasteiger charge is -2.39. The van der Waals surface area contributed by atoms with Crippen LogP contribution in [0, 0.1) is 6.92 Å². The van der Waals surface area contributed by atoms with Gasteiger partial charge in [-0.2, -0.15) is 17.5 Å². The number of nitrogens with zero attached hydrogens (tertiary/aromatic N) is 4. The number of likely N-dealkylation sites (N-methyl/N-ethyl adjacent to an activating group) is 1. The van der Waals surface area contributed by atoms with Gasteiger partial charge in [0.25, 0.3) is 0 Å². The van der Waals surface area contributed by atoms with Crippen LogP contribution >= 0.6 is 0 Å². The van der Waals surface area contributed by atoms with Gasteiger partial charge in [0.15, 0.2) is 0 Å². The lowest BCUT2D eigenvalue weighted by Crippen LogP contribution is -2.51. The minimum atomic E-state index is -4.49. The van der Waals surface area contributed by atoms with E-state index in [2.05, 4.69) is 4.98 Å². The first-order valence-corrected chi connectivity index (χ1v) is 14.2. The van der Waals surface area contributed by atoms with E-state index in [0.717, 1.165) is 4.31 Å². The molecule has 0 spiro atoms. The standard InChI is InChI=1S/C24H33F5N4O4S/c1-16-5-6-20(21(30-16)32-12-13-37-15-18(32)14-24(27,28)29)38(35,36)33-11-3-4-19(33)22(34)31(2)17-7-9-23(25,26)10-8-17/h5-6,17-19H,3-4,7-15H2,1-2H3/t18-,19+/m1/s1. The summed E-state index contributed by atoms with van der Waals surface area (Å²) < 4.78 is 101. The minimum absolute atomic E-state index is 0.0249. The van der Waals surface area contributed by atoms with Crippen LogP contribution in [0.4, 0.5) is 27.8 Å². The van der Waals surface area contributed by atoms with Gasteiger partial charge in [0.05, 0.1) is 25.7 Å². The van der Waals surface area contributed by atoms with Crippen molar-refractivity contribution in [1.82, 2.24) is 14.2 Å². The van der Waals surface area contributed by atoms with Gasteiger partial charge in [-0.15, -0.1) is 0 Å². The van der Waals surface area contributed by atoms with Gasteiger partial charge < -0.3 is 14.5 Å². The predicted molar refractivity (Wildman–Crippen MR) is 128 cm³/mol. The number of carbonyl (C=O) groups is 1. The van der Waals surface area contributed by atoms with Gasteiger partial charge in [0, 0.05) is 44.7 Å². The Bertz CT molecular complexity index is 1120. The molecule has 1 saturated carbocycles. The van der Waals surface area contributed by atoms with Gasteiger partial charge >= 0.3 is 6.18 Å². The highest BCUT2D eigenvalue weighted by molar-refractivity contribution is 7.89. The second-order valence-corrected chi connectivity index (χ2v) is 12.2. The van der Waals surface area contributed by atoms with Crippen molar-refractivity contribution in [3.8, 4) is 0 Å². The highest BCUT2D eigenvalue weighted by atomic mass is 32.2. The van der Waals surface area contributed by atoms with Gasteiger partial charge in [-0.25, -0.2) is 22.2 Å². The van der Waals surface area contributed by atoms with E-state index in [9.17, 15) is 35.2 Å². The minimum Gasteiger partial charge on any atom is -0.377 e. The smallest absolute Gasteiger partial charge is 0.377 e. The largest absolute Gasteiger partial charge is 0.391 e. The molecule has 2 aliphatic heterocycles. The molecule has 3 aliphatic rings. The summed E-state index contributed by atoms with van der Waals surface area (Å²) in [6, 6.07) is 0.188. The number of rotatable bonds is 6. The summed E-state index contributed by atoms with van der Waals surface area (Å²) in [6.07, 6.45) is -5.44. The van der Waals surface area contributed by atoms with E-state index in [1.54, 1.807) is 6.92 Å². The fourth-order valence-electron chi connectivity index (χ4n) is 5.54. The molecule has 1 aliphatic carbocycles. The Balaban J connectivity index is 1.62. The van der Waals surface area contributed by atoms with Crippen LogP contribution in [0.5, 0.6) is 0 Å². The first-order valence-electron chi connectivity index (χ1n) is 12.7. The molecule has 214 valence electrons. The Labute approximate surface area is 219 Å². The molecule has 14 heteroatoms. The molecule has 1 aromatic rings. The molecular formula is C24H33F5N4O4S. The molecule has 0 N–H and O–H groups in total. The number of carbonyl (C=O) groups excluding carboxylic acids is 1. The summed E-state index contributed by atoms with van der Waals surface area (Å²) >= 11 is 0. The first kappa shape index (κ1) is 28.9. The van der Waals surface area contributed by atoms with Crippen molar-refractivity contribution < 1.29 is 39.9 Å². The third-order valence-corrected chi connectivity index (χ3v) is 9.53. The van der Waals surface area contributed by atoms with Crippen molar-refractivity contribution in [2.24, 2.45) is 0 Å². The number of aryl methyl sites for hydroxylation is 1. The quantitative estimate of drug-likeness (QED) is 0.487. The van der Waals surface area contributed by atoms with Crippen LogP contribution in [-0.2, 0) is 19.6 Å². The number of pyridine rings is 1. The second kappa shape index (κ2) is 10.8. The van der Waals surface area contributed by atoms with Gasteiger partial charge in [0.2, 0.25) is 21.9 Å². The van der Waals surface area contributed by atoms with Gasteiger partial charge in [-0.3, -0.25) is 4.79 Å². The molecule has 1 aromatic heterocycles. The Hall–Kier alpha value is -2.06. The molecular weight excluding hydrogens is 535 g/mol. The van der Waals surface area contributed by atoms with Crippen molar-refractivity contribution in [1.29, 1.82) is 0 Å². The lowest BCUT2D eigenvalue weighted by molar-refractivity contribution is -0.143. The molecule has 0 aromatic carbocycles. The van der Waals surface area contributed by atoms with Crippen LogP contribution in [-0.4, -0.2) is 92.1 Å². The molecule has 3 heterocycles. The van der Waals surface area contributed by atoms with Gasteiger partial charge in [-0.1, -0.05) is 0 Å². The molecule has 1 amide bonds. The number of anilines is 1. The number of morpholine rings is 1. The van der Waals surface area contributed by atoms with Gasteiger partial charge in [-0.05, 0) is 44.7 Å². The SMILES string of the molecule is Cc1ccc(S(=O)(=O)N2CCC[C@H]2C(=O)N(C)C2CCC(F)(F)CC2)c(N2CCOC[C@H]2CC(F)(F)F)n1. The fraction of sp³-hybridized carbons (Fsp3) is 0.750. The molecule has 4 rings (SSSR count). The van der Waals surface area contributed by atoms with Crippen LogP contribution in [0.1, 0.15) is 50.6 Å². The number of sulfonamides is 1. The number of hydrogen-bond donors (Lipinski definition) is 0. The monoisotopic (exact) mass is 568 g/mol. The number of alkyl halides is 5. The molecule has 0 bridgehead atoms. The van der Waals surface area contributed by atoms with Crippen molar-refractivity contribution in [3.63, 3.8) is 0 Å². The zero-order valence-corrected chi connectivity index (χ0v) is 22.2. The number of amides is 1. The normalized spacial score (nSPS) is 25.5. The maximum atomic E-state index is 13.9. The highest BCUT2D eigenvalue weighted by Crippen LogP contribution is 2.38.